The van der Waals surface area contributed by atoms with Crippen molar-refractivity contribution < 1.29 is 14.6 Å². The predicted octanol–water partition coefficient (Wildman–Crippen LogP) is 5.07. The Morgan fingerprint density at radius 3 is 2.59 bits per heavy atom. The van der Waals surface area contributed by atoms with E-state index in [1.807, 2.05) is 43.6 Å². The smallest absolute Gasteiger partial charge is 0.314 e. The van der Waals surface area contributed by atoms with Crippen LogP contribution in [0.3, 0.4) is 0 Å². The topological polar surface area (TPSA) is 115 Å². The molecule has 1 aliphatic carbocycles. The first-order chi connectivity index (χ1) is 17.8. The fraction of sp³-hybridized carbons (Fsp3) is 0.321. The van der Waals surface area contributed by atoms with Crippen LogP contribution in [0.25, 0.3) is 22.4 Å². The highest BCUT2D eigenvalue weighted by molar-refractivity contribution is 5.85. The number of benzene rings is 1. The minimum Gasteiger partial charge on any atom is -0.481 e. The SMILES string of the molecule is COCc1cc(C2(C(=O)O)CC2)ccc1-c1ccc(-c2cnn(C)c2Nc2cncc(C(C)C)n2)nc1. The summed E-state index contributed by atoms with van der Waals surface area (Å²) in [5, 5.41) is 17.5. The van der Waals surface area contributed by atoms with E-state index in [4.69, 9.17) is 9.72 Å². The summed E-state index contributed by atoms with van der Waals surface area (Å²) in [6.45, 7) is 4.54. The van der Waals surface area contributed by atoms with Crippen molar-refractivity contribution in [2.45, 2.75) is 44.6 Å². The summed E-state index contributed by atoms with van der Waals surface area (Å²) in [5.74, 6) is 0.915. The molecule has 3 heterocycles. The Kier molecular flexibility index (Phi) is 6.47. The first kappa shape index (κ1) is 24.6. The van der Waals surface area contributed by atoms with Crippen molar-refractivity contribution in [3.8, 4) is 22.4 Å². The van der Waals surface area contributed by atoms with Crippen LogP contribution >= 0.6 is 0 Å². The molecule has 2 N–H and O–H groups in total. The number of methoxy groups -OCH3 is 1. The lowest BCUT2D eigenvalue weighted by atomic mass is 9.91. The Balaban J connectivity index is 1.44. The van der Waals surface area contributed by atoms with Gasteiger partial charge in [-0.15, -0.1) is 0 Å². The number of aryl methyl sites for hydroxylation is 1. The molecule has 1 saturated carbocycles. The number of nitrogens with one attached hydrogen (secondary N) is 1. The number of hydrogen-bond donors (Lipinski definition) is 2. The summed E-state index contributed by atoms with van der Waals surface area (Å²) in [6, 6.07) is 9.82. The lowest BCUT2D eigenvalue weighted by molar-refractivity contribution is -0.140. The van der Waals surface area contributed by atoms with Gasteiger partial charge >= 0.3 is 5.97 Å². The van der Waals surface area contributed by atoms with E-state index in [2.05, 4.69) is 34.2 Å². The van der Waals surface area contributed by atoms with Crippen LogP contribution in [0.15, 0.2) is 55.1 Å². The highest BCUT2D eigenvalue weighted by Crippen LogP contribution is 2.49. The van der Waals surface area contributed by atoms with Crippen LogP contribution in [0, 0.1) is 0 Å². The molecule has 190 valence electrons. The zero-order chi connectivity index (χ0) is 26.2. The predicted molar refractivity (Wildman–Crippen MR) is 141 cm³/mol. The summed E-state index contributed by atoms with van der Waals surface area (Å²) in [6.07, 6.45) is 8.39. The molecule has 1 fully saturated rings. The van der Waals surface area contributed by atoms with Gasteiger partial charge in [0.15, 0.2) is 0 Å². The Labute approximate surface area is 215 Å². The third kappa shape index (κ3) is 4.70. The molecule has 0 bridgehead atoms. The van der Waals surface area contributed by atoms with E-state index in [1.165, 1.54) is 0 Å². The summed E-state index contributed by atoms with van der Waals surface area (Å²) in [4.78, 5) is 25.5. The fourth-order valence-corrected chi connectivity index (χ4v) is 4.53. The number of carboxylic acids is 1. The number of pyridine rings is 1. The Morgan fingerprint density at radius 2 is 1.95 bits per heavy atom. The number of rotatable bonds is 9. The maximum Gasteiger partial charge on any atom is 0.314 e. The molecular formula is C28H30N6O3. The fourth-order valence-electron chi connectivity index (χ4n) is 4.53. The van der Waals surface area contributed by atoms with E-state index in [0.29, 0.717) is 25.3 Å². The van der Waals surface area contributed by atoms with E-state index in [0.717, 1.165) is 45.0 Å². The van der Waals surface area contributed by atoms with Crippen LogP contribution in [0.4, 0.5) is 11.6 Å². The van der Waals surface area contributed by atoms with Crippen molar-refractivity contribution in [2.75, 3.05) is 12.4 Å². The van der Waals surface area contributed by atoms with E-state index in [-0.39, 0.29) is 5.92 Å². The van der Waals surface area contributed by atoms with Gasteiger partial charge in [0.05, 0.1) is 41.4 Å². The third-order valence-corrected chi connectivity index (χ3v) is 6.90. The second-order valence-corrected chi connectivity index (χ2v) is 9.76. The number of aromatic nitrogens is 5. The molecule has 37 heavy (non-hydrogen) atoms. The van der Waals surface area contributed by atoms with Gasteiger partial charge in [0, 0.05) is 32.1 Å². The maximum atomic E-state index is 11.8. The Morgan fingerprint density at radius 1 is 1.14 bits per heavy atom. The third-order valence-electron chi connectivity index (χ3n) is 6.90. The lowest BCUT2D eigenvalue weighted by Crippen LogP contribution is -2.19. The molecule has 0 atom stereocenters. The van der Waals surface area contributed by atoms with Gasteiger partial charge < -0.3 is 15.2 Å². The molecule has 9 heteroatoms. The van der Waals surface area contributed by atoms with E-state index < -0.39 is 11.4 Å². The molecule has 0 amide bonds. The Hall–Kier alpha value is -4.11. The minimum absolute atomic E-state index is 0.269. The highest BCUT2D eigenvalue weighted by Gasteiger charge is 2.51. The number of aliphatic carboxylic acids is 1. The van der Waals surface area contributed by atoms with Crippen molar-refractivity contribution in [3.05, 3.63) is 71.9 Å². The molecule has 0 aliphatic heterocycles. The van der Waals surface area contributed by atoms with Crippen LogP contribution in [0.2, 0.25) is 0 Å². The Bertz CT molecular complexity index is 1440. The van der Waals surface area contributed by atoms with Crippen molar-refractivity contribution in [3.63, 3.8) is 0 Å². The first-order valence-corrected chi connectivity index (χ1v) is 12.3. The number of anilines is 2. The monoisotopic (exact) mass is 498 g/mol. The van der Waals surface area contributed by atoms with E-state index in [1.54, 1.807) is 30.4 Å². The summed E-state index contributed by atoms with van der Waals surface area (Å²) >= 11 is 0. The van der Waals surface area contributed by atoms with Gasteiger partial charge in [0.1, 0.15) is 11.6 Å². The molecule has 3 aromatic heterocycles. The summed E-state index contributed by atoms with van der Waals surface area (Å²) in [7, 11) is 3.50. The van der Waals surface area contributed by atoms with Crippen molar-refractivity contribution >= 4 is 17.6 Å². The zero-order valence-electron chi connectivity index (χ0n) is 21.4. The number of ether oxygens (including phenoxy) is 1. The van der Waals surface area contributed by atoms with Gasteiger partial charge in [-0.2, -0.15) is 5.10 Å². The largest absolute Gasteiger partial charge is 0.481 e. The van der Waals surface area contributed by atoms with Crippen molar-refractivity contribution in [1.82, 2.24) is 24.7 Å². The summed E-state index contributed by atoms with van der Waals surface area (Å²) in [5.41, 5.74) is 5.42. The van der Waals surface area contributed by atoms with Crippen LogP contribution < -0.4 is 5.32 Å². The summed E-state index contributed by atoms with van der Waals surface area (Å²) < 4.78 is 7.18. The van der Waals surface area contributed by atoms with Crippen molar-refractivity contribution in [1.29, 1.82) is 0 Å². The van der Waals surface area contributed by atoms with E-state index >= 15 is 0 Å². The van der Waals surface area contributed by atoms with Gasteiger partial charge in [0.2, 0.25) is 0 Å². The molecule has 0 radical (unpaired) electrons. The average Bonchev–Trinajstić information content (AvgIpc) is 3.64. The molecular weight excluding hydrogens is 468 g/mol. The highest BCUT2D eigenvalue weighted by atomic mass is 16.5. The van der Waals surface area contributed by atoms with Crippen LogP contribution in [0.1, 0.15) is 49.4 Å². The maximum absolute atomic E-state index is 11.8. The molecule has 0 unspecified atom stereocenters. The van der Waals surface area contributed by atoms with Gasteiger partial charge in [-0.05, 0) is 41.5 Å². The number of carboxylic acid groups (broad SMARTS) is 1. The minimum atomic E-state index is -0.766. The van der Waals surface area contributed by atoms with Crippen LogP contribution in [-0.2, 0) is 28.6 Å². The van der Waals surface area contributed by atoms with Crippen LogP contribution in [0.5, 0.6) is 0 Å². The van der Waals surface area contributed by atoms with Gasteiger partial charge in [-0.25, -0.2) is 4.98 Å². The number of carbonyl (C=O) groups is 1. The molecule has 4 aromatic rings. The van der Waals surface area contributed by atoms with Crippen molar-refractivity contribution in [2.24, 2.45) is 7.05 Å². The lowest BCUT2D eigenvalue weighted by Gasteiger charge is -2.16. The number of hydrogen-bond acceptors (Lipinski definition) is 7. The van der Waals surface area contributed by atoms with Gasteiger partial charge in [-0.3, -0.25) is 19.4 Å². The molecule has 0 spiro atoms. The molecule has 5 rings (SSSR count). The quantitative estimate of drug-likeness (QED) is 0.329. The first-order valence-electron chi connectivity index (χ1n) is 12.3. The second kappa shape index (κ2) is 9.74. The second-order valence-electron chi connectivity index (χ2n) is 9.76. The zero-order valence-corrected chi connectivity index (χ0v) is 21.4. The molecule has 1 aliphatic rings. The standard InChI is InChI=1S/C28H30N6O3/c1-17(2)24-14-29-15-25(32-24)33-26-22(13-31-34(26)3)23-8-5-18(12-30-23)21-7-6-20(11-19(21)16-37-4)28(9-10-28)27(35)36/h5-8,11-15,17H,9-10,16H2,1-4H3,(H,32,33)(H,35,36). The molecule has 0 saturated heterocycles. The molecule has 9 nitrogen and oxygen atoms in total. The van der Waals surface area contributed by atoms with Gasteiger partial charge in [0.25, 0.3) is 0 Å². The van der Waals surface area contributed by atoms with E-state index in [9.17, 15) is 9.90 Å². The normalized spacial score (nSPS) is 14.1. The molecule has 1 aromatic carbocycles. The number of nitrogens with zero attached hydrogens (tertiary/aromatic N) is 5. The average molecular weight is 499 g/mol. The van der Waals surface area contributed by atoms with Crippen LogP contribution in [-0.4, -0.2) is 42.9 Å². The van der Waals surface area contributed by atoms with Gasteiger partial charge in [-0.1, -0.05) is 38.1 Å².